The number of hydrogen-bond acceptors (Lipinski definition) is 4. The van der Waals surface area contributed by atoms with Gasteiger partial charge in [0.15, 0.2) is 11.6 Å². The van der Waals surface area contributed by atoms with Gasteiger partial charge in [0.1, 0.15) is 0 Å². The van der Waals surface area contributed by atoms with Crippen LogP contribution in [0.5, 0.6) is 0 Å². The number of hydrogen-bond donors (Lipinski definition) is 0. The van der Waals surface area contributed by atoms with Gasteiger partial charge in [-0.3, -0.25) is 0 Å². The second kappa shape index (κ2) is 16.5. The standard InChI is InChI=1S/C64H42N4/c1-5-19-41(20-6-1)47-27-13-15-29-49(47)59-39-57(43-23-9-3-10-24-43)65-63(67-59)45-33-35-53-55(37-45)61-51-31-17-18-32-52(51)62(53)56-38-46(34-36-54(56)61)64-66-58(44-25-11-4-12-26-44)40-60(68-64)50-30-16-14-28-48(50)42-21-7-2-8-22-42/h1-40,61-62H. The van der Waals surface area contributed by atoms with E-state index in [0.717, 1.165) is 78.4 Å². The summed E-state index contributed by atoms with van der Waals surface area (Å²) in [6, 6.07) is 86.2. The maximum Gasteiger partial charge on any atom is 0.160 e. The molecule has 3 aliphatic carbocycles. The van der Waals surface area contributed by atoms with Crippen LogP contribution >= 0.6 is 0 Å². The van der Waals surface area contributed by atoms with Crippen LogP contribution < -0.4 is 0 Å². The van der Waals surface area contributed by atoms with Crippen molar-refractivity contribution in [1.82, 2.24) is 19.9 Å². The highest BCUT2D eigenvalue weighted by atomic mass is 14.9. The monoisotopic (exact) mass is 866 g/mol. The highest BCUT2D eigenvalue weighted by Gasteiger charge is 2.41. The minimum Gasteiger partial charge on any atom is -0.228 e. The smallest absolute Gasteiger partial charge is 0.160 e. The molecule has 2 bridgehead atoms. The zero-order valence-corrected chi connectivity index (χ0v) is 37.0. The van der Waals surface area contributed by atoms with Gasteiger partial charge in [-0.05, 0) is 79.9 Å². The minimum atomic E-state index is 0.0377. The molecule has 14 rings (SSSR count). The lowest BCUT2D eigenvalue weighted by atomic mass is 9.61. The van der Waals surface area contributed by atoms with Crippen LogP contribution in [0, 0.1) is 0 Å². The summed E-state index contributed by atoms with van der Waals surface area (Å²) in [6.07, 6.45) is 0. The van der Waals surface area contributed by atoms with Crippen molar-refractivity contribution in [3.05, 3.63) is 276 Å². The van der Waals surface area contributed by atoms with E-state index in [0.29, 0.717) is 11.6 Å². The SMILES string of the molecule is c1ccc(-c2cc(-c3ccccc3-c3ccccc3)nc(-c3ccc4c(c3)C3c5ccccc5C4c4cc(-c5nc(-c6ccccc6)cc(-c6ccccc6-c6ccccc6)n5)ccc43)n2)cc1. The van der Waals surface area contributed by atoms with Gasteiger partial charge in [-0.2, -0.15) is 0 Å². The van der Waals surface area contributed by atoms with Gasteiger partial charge in [0.2, 0.25) is 0 Å². The van der Waals surface area contributed by atoms with Crippen LogP contribution in [0.3, 0.4) is 0 Å². The third-order valence-corrected chi connectivity index (χ3v) is 13.7. The Hall–Kier alpha value is -8.86. The molecule has 0 radical (unpaired) electrons. The van der Waals surface area contributed by atoms with Gasteiger partial charge in [-0.1, -0.05) is 218 Å². The number of rotatable bonds is 8. The first-order valence-corrected chi connectivity index (χ1v) is 23.3. The molecular weight excluding hydrogens is 825 g/mol. The fourth-order valence-corrected chi connectivity index (χ4v) is 10.6. The van der Waals surface area contributed by atoms with Crippen molar-refractivity contribution in [2.75, 3.05) is 0 Å². The molecule has 0 saturated heterocycles. The summed E-state index contributed by atoms with van der Waals surface area (Å²) >= 11 is 0. The first kappa shape index (κ1) is 39.5. The molecule has 2 aromatic heterocycles. The molecule has 0 saturated carbocycles. The topological polar surface area (TPSA) is 51.6 Å². The molecule has 4 heteroatoms. The third-order valence-electron chi connectivity index (χ3n) is 13.7. The van der Waals surface area contributed by atoms with Crippen LogP contribution in [-0.2, 0) is 0 Å². The van der Waals surface area contributed by atoms with Gasteiger partial charge in [0, 0.05) is 45.2 Å². The van der Waals surface area contributed by atoms with Gasteiger partial charge in [-0.15, -0.1) is 0 Å². The van der Waals surface area contributed by atoms with Crippen LogP contribution in [0.25, 0.3) is 90.1 Å². The molecule has 4 nitrogen and oxygen atoms in total. The summed E-state index contributed by atoms with van der Waals surface area (Å²) in [5, 5.41) is 0. The van der Waals surface area contributed by atoms with Crippen LogP contribution in [0.4, 0.5) is 0 Å². The van der Waals surface area contributed by atoms with Crippen molar-refractivity contribution >= 4 is 0 Å². The van der Waals surface area contributed by atoms with Crippen LogP contribution in [0.2, 0.25) is 0 Å². The first-order chi connectivity index (χ1) is 33.7. The Morgan fingerprint density at radius 1 is 0.206 bits per heavy atom. The predicted molar refractivity (Wildman–Crippen MR) is 276 cm³/mol. The van der Waals surface area contributed by atoms with Crippen LogP contribution in [0.1, 0.15) is 45.2 Å². The van der Waals surface area contributed by atoms with Gasteiger partial charge in [0.25, 0.3) is 0 Å². The van der Waals surface area contributed by atoms with E-state index < -0.39 is 0 Å². The van der Waals surface area contributed by atoms with Gasteiger partial charge in [0.05, 0.1) is 22.8 Å². The second-order valence-electron chi connectivity index (χ2n) is 17.7. The molecule has 0 aliphatic heterocycles. The van der Waals surface area contributed by atoms with E-state index in [1.165, 1.54) is 33.4 Å². The molecule has 11 aromatic rings. The molecule has 2 unspecified atom stereocenters. The van der Waals surface area contributed by atoms with E-state index in [1.54, 1.807) is 0 Å². The molecule has 2 atom stereocenters. The van der Waals surface area contributed by atoms with Gasteiger partial charge < -0.3 is 0 Å². The number of aromatic nitrogens is 4. The summed E-state index contributed by atoms with van der Waals surface area (Å²) in [5.74, 6) is 1.49. The zero-order valence-electron chi connectivity index (χ0n) is 37.0. The quantitative estimate of drug-likeness (QED) is 0.153. The normalized spacial score (nSPS) is 14.2. The first-order valence-electron chi connectivity index (χ1n) is 23.3. The summed E-state index contributed by atoms with van der Waals surface area (Å²) in [6.45, 7) is 0. The lowest BCUT2D eigenvalue weighted by molar-refractivity contribution is 0.754. The lowest BCUT2D eigenvalue weighted by Gasteiger charge is -2.42. The van der Waals surface area contributed by atoms with Crippen LogP contribution in [0.15, 0.2) is 243 Å². The predicted octanol–water partition coefficient (Wildman–Crippen LogP) is 15.6. The van der Waals surface area contributed by atoms with Crippen LogP contribution in [-0.4, -0.2) is 19.9 Å². The molecule has 318 valence electrons. The van der Waals surface area contributed by atoms with Gasteiger partial charge >= 0.3 is 0 Å². The molecule has 68 heavy (non-hydrogen) atoms. The Labute approximate surface area is 396 Å². The summed E-state index contributed by atoms with van der Waals surface area (Å²) in [7, 11) is 0. The summed E-state index contributed by atoms with van der Waals surface area (Å²) in [4.78, 5) is 21.4. The Balaban J connectivity index is 0.943. The summed E-state index contributed by atoms with van der Waals surface area (Å²) < 4.78 is 0. The van der Waals surface area contributed by atoms with Crippen molar-refractivity contribution in [1.29, 1.82) is 0 Å². The van der Waals surface area contributed by atoms with Crippen molar-refractivity contribution in [2.24, 2.45) is 0 Å². The molecule has 3 aliphatic rings. The third kappa shape index (κ3) is 6.85. The van der Waals surface area contributed by atoms with E-state index in [2.05, 4.69) is 231 Å². The lowest BCUT2D eigenvalue weighted by Crippen LogP contribution is -2.27. The van der Waals surface area contributed by atoms with Crippen molar-refractivity contribution in [3.8, 4) is 90.1 Å². The number of benzene rings is 9. The number of nitrogens with zero attached hydrogens (tertiary/aromatic N) is 4. The van der Waals surface area contributed by atoms with E-state index in [4.69, 9.17) is 19.9 Å². The highest BCUT2D eigenvalue weighted by molar-refractivity contribution is 5.86. The second-order valence-corrected chi connectivity index (χ2v) is 17.7. The maximum atomic E-state index is 5.39. The molecule has 2 heterocycles. The van der Waals surface area contributed by atoms with Crippen molar-refractivity contribution in [3.63, 3.8) is 0 Å². The molecule has 0 spiro atoms. The molecule has 0 fully saturated rings. The van der Waals surface area contributed by atoms with E-state index in [1.807, 2.05) is 12.1 Å². The fourth-order valence-electron chi connectivity index (χ4n) is 10.6. The largest absolute Gasteiger partial charge is 0.228 e. The van der Waals surface area contributed by atoms with E-state index >= 15 is 0 Å². The Bertz CT molecular complexity index is 3440. The Kier molecular flexibility index (Phi) is 9.61. The van der Waals surface area contributed by atoms with E-state index in [9.17, 15) is 0 Å². The molecule has 0 amide bonds. The van der Waals surface area contributed by atoms with Crippen molar-refractivity contribution in [2.45, 2.75) is 11.8 Å². The average Bonchev–Trinajstić information content (AvgIpc) is 3.43. The van der Waals surface area contributed by atoms with E-state index in [-0.39, 0.29) is 11.8 Å². The van der Waals surface area contributed by atoms with Crippen molar-refractivity contribution < 1.29 is 0 Å². The summed E-state index contributed by atoms with van der Waals surface area (Å²) in [5.41, 5.74) is 22.3. The molecule has 9 aromatic carbocycles. The minimum absolute atomic E-state index is 0.0377. The molecule has 0 N–H and O–H groups in total. The maximum absolute atomic E-state index is 5.39. The highest BCUT2D eigenvalue weighted by Crippen LogP contribution is 2.56. The molecular formula is C64H42N4. The van der Waals surface area contributed by atoms with Gasteiger partial charge in [-0.25, -0.2) is 19.9 Å². The zero-order chi connectivity index (χ0) is 45.0. The average molecular weight is 867 g/mol. The fraction of sp³-hybridized carbons (Fsp3) is 0.0312. The Morgan fingerprint density at radius 3 is 0.912 bits per heavy atom. The Morgan fingerprint density at radius 2 is 0.515 bits per heavy atom.